The Labute approximate surface area is 80.8 Å². The molecule has 6 nitrogen and oxygen atoms in total. The minimum Gasteiger partial charge on any atom is -0.354 e. The molecule has 10 heteroatoms. The molecule has 0 aliphatic rings. The highest BCUT2D eigenvalue weighted by Crippen LogP contribution is 2.25. The molecule has 15 heavy (non-hydrogen) atoms. The van der Waals surface area contributed by atoms with Gasteiger partial charge in [0.25, 0.3) is 11.4 Å². The van der Waals surface area contributed by atoms with Crippen LogP contribution in [-0.4, -0.2) is 24.1 Å². The molecular formula is C5H3F3N2O4S. The molecule has 0 atom stereocenters. The number of rotatable bonds is 2. The van der Waals surface area contributed by atoms with Gasteiger partial charge in [0.2, 0.25) is 0 Å². The second-order valence-corrected chi connectivity index (χ2v) is 3.78. The van der Waals surface area contributed by atoms with Crippen LogP contribution in [0.4, 0.5) is 13.2 Å². The van der Waals surface area contributed by atoms with Crippen LogP contribution in [0.3, 0.4) is 0 Å². The Hall–Kier alpha value is -1.58. The van der Waals surface area contributed by atoms with Gasteiger partial charge in [-0.15, -0.1) is 5.10 Å². The average molecular weight is 244 g/mol. The molecule has 0 saturated carbocycles. The van der Waals surface area contributed by atoms with Gasteiger partial charge in [0.15, 0.2) is 0 Å². The van der Waals surface area contributed by atoms with E-state index in [1.54, 1.807) is 5.10 Å². The highest BCUT2D eigenvalue weighted by molar-refractivity contribution is 7.87. The summed E-state index contributed by atoms with van der Waals surface area (Å²) in [5.74, 6) is -0.869. The smallest absolute Gasteiger partial charge is 0.354 e. The molecule has 0 aliphatic carbocycles. The van der Waals surface area contributed by atoms with Crippen LogP contribution in [0.2, 0.25) is 0 Å². The van der Waals surface area contributed by atoms with Gasteiger partial charge in [-0.05, 0) is 0 Å². The first kappa shape index (κ1) is 11.5. The summed E-state index contributed by atoms with van der Waals surface area (Å²) < 4.78 is 59.8. The monoisotopic (exact) mass is 244 g/mol. The standard InChI is InChI=1S/C5H3F3N2O4S/c6-5(7,8)15(12,13)14-4-2-1-3(11)9-10-4/h1-2H,(H,9,11). The van der Waals surface area contributed by atoms with Crippen molar-refractivity contribution < 1.29 is 25.8 Å². The van der Waals surface area contributed by atoms with Crippen LogP contribution in [0.15, 0.2) is 16.9 Å². The number of nitrogens with one attached hydrogen (secondary N) is 1. The SMILES string of the molecule is O=c1ccc(OS(=O)(=O)C(F)(F)F)n[nH]1. The van der Waals surface area contributed by atoms with Crippen molar-refractivity contribution in [1.29, 1.82) is 0 Å². The number of aromatic nitrogens is 2. The van der Waals surface area contributed by atoms with Crippen LogP contribution in [0.25, 0.3) is 0 Å². The first-order valence-corrected chi connectivity index (χ1v) is 4.70. The second kappa shape index (κ2) is 3.53. The molecule has 0 saturated heterocycles. The van der Waals surface area contributed by atoms with Crippen LogP contribution < -0.4 is 9.74 Å². The maximum absolute atomic E-state index is 11.8. The van der Waals surface area contributed by atoms with E-state index in [0.29, 0.717) is 6.07 Å². The zero-order valence-electron chi connectivity index (χ0n) is 6.78. The van der Waals surface area contributed by atoms with E-state index >= 15 is 0 Å². The Kier molecular flexibility index (Phi) is 2.71. The van der Waals surface area contributed by atoms with Gasteiger partial charge in [0.05, 0.1) is 0 Å². The number of nitrogens with zero attached hydrogens (tertiary/aromatic N) is 1. The lowest BCUT2D eigenvalue weighted by Crippen LogP contribution is -2.28. The Bertz CT molecular complexity index is 485. The lowest BCUT2D eigenvalue weighted by atomic mass is 10.6. The summed E-state index contributed by atoms with van der Waals surface area (Å²) >= 11 is 0. The van der Waals surface area contributed by atoms with Crippen molar-refractivity contribution in [2.45, 2.75) is 5.51 Å². The van der Waals surface area contributed by atoms with Gasteiger partial charge in [-0.25, -0.2) is 5.10 Å². The fourth-order valence-corrected chi connectivity index (χ4v) is 0.950. The molecule has 0 unspecified atom stereocenters. The van der Waals surface area contributed by atoms with Crippen molar-refractivity contribution in [3.05, 3.63) is 22.5 Å². The normalized spacial score (nSPS) is 12.5. The molecule has 1 aromatic heterocycles. The first-order valence-electron chi connectivity index (χ1n) is 3.29. The van der Waals surface area contributed by atoms with Crippen molar-refractivity contribution >= 4 is 10.1 Å². The lowest BCUT2D eigenvalue weighted by molar-refractivity contribution is -0.0501. The van der Waals surface area contributed by atoms with E-state index in [9.17, 15) is 26.4 Å². The molecule has 1 heterocycles. The quantitative estimate of drug-likeness (QED) is 0.584. The molecule has 1 aromatic rings. The van der Waals surface area contributed by atoms with Crippen molar-refractivity contribution in [2.75, 3.05) is 0 Å². The predicted octanol–water partition coefficient (Wildman–Crippen LogP) is -0.00170. The number of hydrogen-bond donors (Lipinski definition) is 1. The van der Waals surface area contributed by atoms with E-state index in [4.69, 9.17) is 0 Å². The van der Waals surface area contributed by atoms with Gasteiger partial charge in [0.1, 0.15) is 0 Å². The van der Waals surface area contributed by atoms with Crippen molar-refractivity contribution in [1.82, 2.24) is 10.2 Å². The topological polar surface area (TPSA) is 89.1 Å². The van der Waals surface area contributed by atoms with Gasteiger partial charge in [0, 0.05) is 12.1 Å². The molecule has 0 fully saturated rings. The molecule has 0 aliphatic heterocycles. The Morgan fingerprint density at radius 3 is 2.33 bits per heavy atom. The number of H-pyrrole nitrogens is 1. The van der Waals surface area contributed by atoms with Gasteiger partial charge in [-0.1, -0.05) is 0 Å². The van der Waals surface area contributed by atoms with Gasteiger partial charge >= 0.3 is 15.6 Å². The predicted molar refractivity (Wildman–Crippen MR) is 40.5 cm³/mol. The molecule has 0 aromatic carbocycles. The largest absolute Gasteiger partial charge is 0.534 e. The third kappa shape index (κ3) is 2.68. The minimum atomic E-state index is -5.75. The highest BCUT2D eigenvalue weighted by atomic mass is 32.2. The number of alkyl halides is 3. The minimum absolute atomic E-state index is 0.697. The number of halogens is 3. The van der Waals surface area contributed by atoms with E-state index in [1.165, 1.54) is 0 Å². The van der Waals surface area contributed by atoms with Gasteiger partial charge in [-0.3, -0.25) is 4.79 Å². The van der Waals surface area contributed by atoms with E-state index < -0.39 is 27.1 Å². The van der Waals surface area contributed by atoms with Crippen LogP contribution in [0.5, 0.6) is 5.88 Å². The zero-order valence-corrected chi connectivity index (χ0v) is 7.59. The van der Waals surface area contributed by atoms with E-state index in [2.05, 4.69) is 9.28 Å². The van der Waals surface area contributed by atoms with E-state index in [0.717, 1.165) is 6.07 Å². The zero-order chi connectivity index (χ0) is 11.7. The Morgan fingerprint density at radius 1 is 1.33 bits per heavy atom. The maximum Gasteiger partial charge on any atom is 0.534 e. The number of hydrogen-bond acceptors (Lipinski definition) is 5. The third-order valence-corrected chi connectivity index (χ3v) is 2.09. The van der Waals surface area contributed by atoms with Gasteiger partial charge < -0.3 is 4.18 Å². The fourth-order valence-electron chi connectivity index (χ4n) is 0.538. The van der Waals surface area contributed by atoms with Crippen molar-refractivity contribution in [3.63, 3.8) is 0 Å². The summed E-state index contributed by atoms with van der Waals surface area (Å²) in [5, 5.41) is 4.65. The summed E-state index contributed by atoms with van der Waals surface area (Å²) in [6, 6.07) is 1.47. The van der Waals surface area contributed by atoms with E-state index in [1.807, 2.05) is 0 Å². The van der Waals surface area contributed by atoms with Crippen molar-refractivity contribution in [3.8, 4) is 5.88 Å². The van der Waals surface area contributed by atoms with Gasteiger partial charge in [-0.2, -0.15) is 21.6 Å². The van der Waals surface area contributed by atoms with E-state index in [-0.39, 0.29) is 0 Å². The fraction of sp³-hybridized carbons (Fsp3) is 0.200. The molecule has 1 N–H and O–H groups in total. The highest BCUT2D eigenvalue weighted by Gasteiger charge is 2.48. The summed E-state index contributed by atoms with van der Waals surface area (Å²) in [6.45, 7) is 0. The molecule has 1 rings (SSSR count). The average Bonchev–Trinajstić information content (AvgIpc) is 2.06. The summed E-state index contributed by atoms with van der Waals surface area (Å²) in [6.07, 6.45) is 0. The summed E-state index contributed by atoms with van der Waals surface area (Å²) in [7, 11) is -5.75. The van der Waals surface area contributed by atoms with Crippen LogP contribution in [0, 0.1) is 0 Å². The first-order chi connectivity index (χ1) is 6.72. The van der Waals surface area contributed by atoms with Crippen molar-refractivity contribution in [2.24, 2.45) is 0 Å². The second-order valence-electron chi connectivity index (χ2n) is 2.24. The summed E-state index contributed by atoms with van der Waals surface area (Å²) in [4.78, 5) is 10.4. The molecule has 0 radical (unpaired) electrons. The summed E-state index contributed by atoms with van der Waals surface area (Å²) in [5.41, 5.74) is -6.24. The maximum atomic E-state index is 11.8. The molecule has 0 bridgehead atoms. The molecule has 84 valence electrons. The molecule has 0 spiro atoms. The Morgan fingerprint density at radius 2 is 1.93 bits per heavy atom. The van der Waals surface area contributed by atoms with Crippen LogP contribution >= 0.6 is 0 Å². The third-order valence-electron chi connectivity index (χ3n) is 1.13. The molecule has 0 amide bonds. The van der Waals surface area contributed by atoms with Crippen LogP contribution in [0.1, 0.15) is 0 Å². The Balaban J connectivity index is 2.98. The molecular weight excluding hydrogens is 241 g/mol. The van der Waals surface area contributed by atoms with Crippen LogP contribution in [-0.2, 0) is 10.1 Å². The lowest BCUT2D eigenvalue weighted by Gasteiger charge is -2.07. The number of aromatic amines is 1.